The van der Waals surface area contributed by atoms with Crippen LogP contribution in [0.15, 0.2) is 22.7 Å². The Bertz CT molecular complexity index is 395. The number of β-amino-alcohol motifs (C(OH)–C–C–N with tert-alkyl or cyclic N) is 1. The first-order valence-electron chi connectivity index (χ1n) is 6.06. The Morgan fingerprint density at radius 2 is 2.29 bits per heavy atom. The van der Waals surface area contributed by atoms with E-state index in [0.29, 0.717) is 0 Å². The average Bonchev–Trinajstić information content (AvgIpc) is 2.28. The third-order valence-corrected chi connectivity index (χ3v) is 3.87. The van der Waals surface area contributed by atoms with Crippen molar-refractivity contribution in [2.75, 3.05) is 18.0 Å². The smallest absolute Gasteiger partial charge is 0.0715 e. The number of rotatable bonds is 2. The molecule has 0 saturated carbocycles. The van der Waals surface area contributed by atoms with Crippen molar-refractivity contribution in [1.82, 2.24) is 0 Å². The summed E-state index contributed by atoms with van der Waals surface area (Å²) in [6, 6.07) is 6.26. The van der Waals surface area contributed by atoms with Gasteiger partial charge in [-0.3, -0.25) is 0 Å². The number of halogens is 1. The minimum atomic E-state index is -0.205. The average molecular weight is 299 g/mol. The number of hydrogen-bond donors (Lipinski definition) is 2. The van der Waals surface area contributed by atoms with Crippen LogP contribution in [0.5, 0.6) is 0 Å². The Balaban J connectivity index is 2.21. The summed E-state index contributed by atoms with van der Waals surface area (Å²) in [7, 11) is 0. The molecule has 0 bridgehead atoms. The van der Waals surface area contributed by atoms with Crippen LogP contribution in [0.4, 0.5) is 5.69 Å². The standard InChI is InChI=1S/C13H19BrN2O/c1-9(15)10-4-5-13(12(14)7-10)16-6-2-3-11(17)8-16/h4-5,7,9,11,17H,2-3,6,8,15H2,1H3. The molecule has 0 radical (unpaired) electrons. The number of aliphatic hydroxyl groups is 1. The molecule has 0 aliphatic carbocycles. The van der Waals surface area contributed by atoms with E-state index in [2.05, 4.69) is 39.0 Å². The highest BCUT2D eigenvalue weighted by Gasteiger charge is 2.19. The lowest BCUT2D eigenvalue weighted by Gasteiger charge is -2.32. The molecule has 3 nitrogen and oxygen atoms in total. The second kappa shape index (κ2) is 5.38. The van der Waals surface area contributed by atoms with Crippen LogP contribution >= 0.6 is 15.9 Å². The van der Waals surface area contributed by atoms with Gasteiger partial charge >= 0.3 is 0 Å². The fraction of sp³-hybridized carbons (Fsp3) is 0.538. The summed E-state index contributed by atoms with van der Waals surface area (Å²) >= 11 is 3.59. The number of aliphatic hydroxyl groups excluding tert-OH is 1. The van der Waals surface area contributed by atoms with Crippen LogP contribution in [0.25, 0.3) is 0 Å². The molecule has 0 spiro atoms. The van der Waals surface area contributed by atoms with E-state index < -0.39 is 0 Å². The lowest BCUT2D eigenvalue weighted by molar-refractivity contribution is 0.154. The van der Waals surface area contributed by atoms with Crippen molar-refractivity contribution in [2.24, 2.45) is 5.73 Å². The van der Waals surface area contributed by atoms with Crippen molar-refractivity contribution in [2.45, 2.75) is 31.9 Å². The van der Waals surface area contributed by atoms with Crippen LogP contribution in [0.2, 0.25) is 0 Å². The molecule has 4 heteroatoms. The van der Waals surface area contributed by atoms with Crippen molar-refractivity contribution in [3.63, 3.8) is 0 Å². The second-order valence-electron chi connectivity index (χ2n) is 4.74. The maximum atomic E-state index is 9.70. The molecule has 2 atom stereocenters. The number of anilines is 1. The van der Waals surface area contributed by atoms with Gasteiger partial charge in [0.05, 0.1) is 11.8 Å². The lowest BCUT2D eigenvalue weighted by Crippen LogP contribution is -2.38. The molecule has 1 saturated heterocycles. The minimum Gasteiger partial charge on any atom is -0.391 e. The van der Waals surface area contributed by atoms with Crippen molar-refractivity contribution in [3.05, 3.63) is 28.2 Å². The van der Waals surface area contributed by atoms with E-state index in [1.54, 1.807) is 0 Å². The molecule has 94 valence electrons. The van der Waals surface area contributed by atoms with Gasteiger partial charge in [-0.2, -0.15) is 0 Å². The third-order valence-electron chi connectivity index (χ3n) is 3.23. The van der Waals surface area contributed by atoms with E-state index >= 15 is 0 Å². The van der Waals surface area contributed by atoms with Crippen LogP contribution in [0.3, 0.4) is 0 Å². The lowest BCUT2D eigenvalue weighted by atomic mass is 10.1. The number of nitrogens with two attached hydrogens (primary N) is 1. The zero-order valence-corrected chi connectivity index (χ0v) is 11.7. The van der Waals surface area contributed by atoms with Gasteiger partial charge in [0, 0.05) is 23.6 Å². The van der Waals surface area contributed by atoms with Gasteiger partial charge in [0.1, 0.15) is 0 Å². The SMILES string of the molecule is CC(N)c1ccc(N2CCCC(O)C2)c(Br)c1. The molecule has 1 aliphatic rings. The summed E-state index contributed by atoms with van der Waals surface area (Å²) in [5, 5.41) is 9.70. The van der Waals surface area contributed by atoms with Crippen molar-refractivity contribution in [1.29, 1.82) is 0 Å². The molecule has 17 heavy (non-hydrogen) atoms. The largest absolute Gasteiger partial charge is 0.391 e. The predicted octanol–water partition coefficient (Wildman–Crippen LogP) is 2.43. The molecule has 1 aromatic rings. The highest BCUT2D eigenvalue weighted by atomic mass is 79.9. The van der Waals surface area contributed by atoms with E-state index in [0.717, 1.165) is 41.7 Å². The van der Waals surface area contributed by atoms with Gasteiger partial charge in [0.25, 0.3) is 0 Å². The van der Waals surface area contributed by atoms with Crippen LogP contribution < -0.4 is 10.6 Å². The first-order chi connectivity index (χ1) is 8.08. The van der Waals surface area contributed by atoms with Crippen LogP contribution in [-0.4, -0.2) is 24.3 Å². The fourth-order valence-electron chi connectivity index (χ4n) is 2.24. The fourth-order valence-corrected chi connectivity index (χ4v) is 2.88. The summed E-state index contributed by atoms with van der Waals surface area (Å²) in [4.78, 5) is 2.23. The molecule has 1 aromatic carbocycles. The normalized spacial score (nSPS) is 22.6. The van der Waals surface area contributed by atoms with Gasteiger partial charge in [0.15, 0.2) is 0 Å². The Labute approximate surface area is 111 Å². The molecular weight excluding hydrogens is 280 g/mol. The first-order valence-corrected chi connectivity index (χ1v) is 6.85. The van der Waals surface area contributed by atoms with E-state index in [4.69, 9.17) is 5.73 Å². The quantitative estimate of drug-likeness (QED) is 0.882. The predicted molar refractivity (Wildman–Crippen MR) is 74.2 cm³/mol. The van der Waals surface area contributed by atoms with Crippen LogP contribution in [0.1, 0.15) is 31.4 Å². The summed E-state index contributed by atoms with van der Waals surface area (Å²) in [6.07, 6.45) is 1.75. The molecule has 1 heterocycles. The summed E-state index contributed by atoms with van der Waals surface area (Å²) in [6.45, 7) is 3.70. The summed E-state index contributed by atoms with van der Waals surface area (Å²) in [5.74, 6) is 0. The zero-order valence-electron chi connectivity index (χ0n) is 10.1. The Morgan fingerprint density at radius 3 is 2.88 bits per heavy atom. The Morgan fingerprint density at radius 1 is 1.53 bits per heavy atom. The number of piperidine rings is 1. The van der Waals surface area contributed by atoms with E-state index in [-0.39, 0.29) is 12.1 Å². The van der Waals surface area contributed by atoms with Crippen molar-refractivity contribution < 1.29 is 5.11 Å². The molecule has 3 N–H and O–H groups in total. The number of hydrogen-bond acceptors (Lipinski definition) is 3. The molecule has 0 aromatic heterocycles. The highest BCUT2D eigenvalue weighted by Crippen LogP contribution is 2.30. The van der Waals surface area contributed by atoms with Gasteiger partial charge in [0.2, 0.25) is 0 Å². The maximum absolute atomic E-state index is 9.70. The number of nitrogens with zero attached hydrogens (tertiary/aromatic N) is 1. The zero-order chi connectivity index (χ0) is 12.4. The van der Waals surface area contributed by atoms with Gasteiger partial charge in [-0.1, -0.05) is 6.07 Å². The molecule has 1 fully saturated rings. The van der Waals surface area contributed by atoms with Gasteiger partial charge in [-0.15, -0.1) is 0 Å². The summed E-state index contributed by atoms with van der Waals surface area (Å²) < 4.78 is 1.06. The van der Waals surface area contributed by atoms with Gasteiger partial charge in [-0.25, -0.2) is 0 Å². The van der Waals surface area contributed by atoms with Crippen LogP contribution in [0, 0.1) is 0 Å². The molecule has 2 unspecified atom stereocenters. The summed E-state index contributed by atoms with van der Waals surface area (Å²) in [5.41, 5.74) is 8.13. The van der Waals surface area contributed by atoms with E-state index in [9.17, 15) is 5.11 Å². The van der Waals surface area contributed by atoms with Crippen LogP contribution in [-0.2, 0) is 0 Å². The third kappa shape index (κ3) is 3.00. The Kier molecular flexibility index (Phi) is 4.07. The second-order valence-corrected chi connectivity index (χ2v) is 5.60. The van der Waals surface area contributed by atoms with Crippen molar-refractivity contribution >= 4 is 21.6 Å². The van der Waals surface area contributed by atoms with Crippen molar-refractivity contribution in [3.8, 4) is 0 Å². The van der Waals surface area contributed by atoms with Gasteiger partial charge < -0.3 is 15.7 Å². The van der Waals surface area contributed by atoms with E-state index in [1.807, 2.05) is 6.92 Å². The molecule has 2 rings (SSSR count). The minimum absolute atomic E-state index is 0.0484. The first kappa shape index (κ1) is 12.9. The monoisotopic (exact) mass is 298 g/mol. The van der Waals surface area contributed by atoms with Gasteiger partial charge in [-0.05, 0) is 53.4 Å². The maximum Gasteiger partial charge on any atom is 0.0715 e. The Hall–Kier alpha value is -0.580. The molecule has 1 aliphatic heterocycles. The highest BCUT2D eigenvalue weighted by molar-refractivity contribution is 9.10. The molecule has 0 amide bonds. The topological polar surface area (TPSA) is 49.5 Å². The number of benzene rings is 1. The van der Waals surface area contributed by atoms with E-state index in [1.165, 1.54) is 0 Å². The molecular formula is C13H19BrN2O.